The summed E-state index contributed by atoms with van der Waals surface area (Å²) in [5, 5.41) is 7.55. The summed E-state index contributed by atoms with van der Waals surface area (Å²) >= 11 is 10.5. The van der Waals surface area contributed by atoms with Crippen molar-refractivity contribution in [2.75, 3.05) is 5.32 Å². The minimum Gasteiger partial charge on any atom is -0.359 e. The molecule has 0 unspecified atom stereocenters. The van der Waals surface area contributed by atoms with E-state index in [1.54, 1.807) is 0 Å². The molecule has 0 radical (unpaired) electrons. The molecule has 4 N–H and O–H groups in total. The molecule has 0 aromatic heterocycles. The molecule has 0 aliphatic heterocycles. The minimum absolute atomic E-state index is 0.493. The van der Waals surface area contributed by atoms with Crippen molar-refractivity contribution in [3.8, 4) is 0 Å². The zero-order valence-electron chi connectivity index (χ0n) is 12.5. The lowest BCUT2D eigenvalue weighted by Gasteiger charge is -2.18. The molecule has 1 saturated carbocycles. The van der Waals surface area contributed by atoms with Crippen LogP contribution in [0.3, 0.4) is 0 Å². The van der Waals surface area contributed by atoms with Crippen molar-refractivity contribution in [3.05, 3.63) is 29.3 Å². The summed E-state index contributed by atoms with van der Waals surface area (Å²) in [5.41, 5.74) is 9.27. The third-order valence-electron chi connectivity index (χ3n) is 3.83. The van der Waals surface area contributed by atoms with Crippen LogP contribution in [0.1, 0.15) is 36.8 Å². The van der Waals surface area contributed by atoms with E-state index >= 15 is 0 Å². The summed E-state index contributed by atoms with van der Waals surface area (Å²) in [5.74, 6) is 0. The summed E-state index contributed by atoms with van der Waals surface area (Å²) < 4.78 is 0. The van der Waals surface area contributed by atoms with Crippen LogP contribution in [0.4, 0.5) is 5.69 Å². The Morgan fingerprint density at radius 3 is 2.43 bits per heavy atom. The lowest BCUT2D eigenvalue weighted by Crippen LogP contribution is -2.50. The molecule has 0 spiro atoms. The average Bonchev–Trinajstić information content (AvgIpc) is 2.94. The van der Waals surface area contributed by atoms with Crippen molar-refractivity contribution in [1.82, 2.24) is 16.2 Å². The van der Waals surface area contributed by atoms with E-state index in [0.29, 0.717) is 16.3 Å². The molecule has 0 amide bonds. The van der Waals surface area contributed by atoms with Crippen LogP contribution in [-0.4, -0.2) is 16.3 Å². The zero-order valence-corrected chi connectivity index (χ0v) is 14.1. The number of rotatable bonds is 2. The molecular formula is C15H22N4S2. The van der Waals surface area contributed by atoms with E-state index in [-0.39, 0.29) is 0 Å². The number of hydrazine groups is 1. The van der Waals surface area contributed by atoms with E-state index in [1.165, 1.54) is 36.8 Å². The van der Waals surface area contributed by atoms with Gasteiger partial charge in [0, 0.05) is 11.7 Å². The van der Waals surface area contributed by atoms with E-state index in [1.807, 2.05) is 12.1 Å². The zero-order chi connectivity index (χ0) is 15.2. The van der Waals surface area contributed by atoms with Crippen LogP contribution in [-0.2, 0) is 0 Å². The molecule has 0 heterocycles. The number of anilines is 1. The average molecular weight is 323 g/mol. The van der Waals surface area contributed by atoms with Crippen LogP contribution in [0.5, 0.6) is 0 Å². The van der Waals surface area contributed by atoms with Gasteiger partial charge in [-0.15, -0.1) is 0 Å². The van der Waals surface area contributed by atoms with Crippen molar-refractivity contribution in [1.29, 1.82) is 0 Å². The van der Waals surface area contributed by atoms with E-state index in [9.17, 15) is 0 Å². The van der Waals surface area contributed by atoms with Gasteiger partial charge in [0.05, 0.1) is 0 Å². The van der Waals surface area contributed by atoms with Gasteiger partial charge >= 0.3 is 0 Å². The Hall–Kier alpha value is -1.40. The van der Waals surface area contributed by atoms with Gasteiger partial charge in [-0.25, -0.2) is 0 Å². The monoisotopic (exact) mass is 322 g/mol. The molecule has 1 aliphatic carbocycles. The molecule has 0 saturated heterocycles. The van der Waals surface area contributed by atoms with Crippen molar-refractivity contribution in [2.45, 2.75) is 45.6 Å². The van der Waals surface area contributed by atoms with Gasteiger partial charge in [-0.3, -0.25) is 10.9 Å². The van der Waals surface area contributed by atoms with Gasteiger partial charge in [-0.05, 0) is 68.3 Å². The lowest BCUT2D eigenvalue weighted by molar-refractivity contribution is 0.618. The summed E-state index contributed by atoms with van der Waals surface area (Å²) in [6.45, 7) is 4.15. The molecule has 4 nitrogen and oxygen atoms in total. The topological polar surface area (TPSA) is 48.1 Å². The largest absolute Gasteiger partial charge is 0.359 e. The maximum atomic E-state index is 5.27. The van der Waals surface area contributed by atoms with Crippen LogP contribution in [0.2, 0.25) is 0 Å². The van der Waals surface area contributed by atoms with Gasteiger partial charge in [-0.1, -0.05) is 25.0 Å². The predicted octanol–water partition coefficient (Wildman–Crippen LogP) is 2.91. The number of thiocarbonyl (C=S) groups is 2. The van der Waals surface area contributed by atoms with Crippen molar-refractivity contribution >= 4 is 40.3 Å². The Balaban J connectivity index is 1.76. The Kier molecular flexibility index (Phi) is 5.76. The SMILES string of the molecule is Cc1cccc(NC(=S)NNC(=S)NC2CCCC2)c1C. The first-order valence-corrected chi connectivity index (χ1v) is 8.07. The molecule has 21 heavy (non-hydrogen) atoms. The van der Waals surface area contributed by atoms with Gasteiger partial charge in [0.15, 0.2) is 10.2 Å². The lowest BCUT2D eigenvalue weighted by atomic mass is 10.1. The van der Waals surface area contributed by atoms with E-state index in [0.717, 1.165) is 5.69 Å². The van der Waals surface area contributed by atoms with E-state index in [4.69, 9.17) is 24.4 Å². The Bertz CT molecular complexity index is 524. The number of nitrogens with one attached hydrogen (secondary N) is 4. The summed E-state index contributed by atoms with van der Waals surface area (Å²) in [4.78, 5) is 0. The highest BCUT2D eigenvalue weighted by Crippen LogP contribution is 2.18. The van der Waals surface area contributed by atoms with Crippen LogP contribution in [0.25, 0.3) is 0 Å². The fraction of sp³-hybridized carbons (Fsp3) is 0.467. The van der Waals surface area contributed by atoms with E-state index in [2.05, 4.69) is 41.4 Å². The Labute approximate surface area is 137 Å². The molecule has 1 aromatic rings. The van der Waals surface area contributed by atoms with Gasteiger partial charge in [0.1, 0.15) is 0 Å². The van der Waals surface area contributed by atoms with Crippen LogP contribution < -0.4 is 21.5 Å². The predicted molar refractivity (Wildman–Crippen MR) is 96.4 cm³/mol. The Morgan fingerprint density at radius 1 is 1.05 bits per heavy atom. The highest BCUT2D eigenvalue weighted by molar-refractivity contribution is 7.80. The third kappa shape index (κ3) is 4.82. The van der Waals surface area contributed by atoms with Gasteiger partial charge in [-0.2, -0.15) is 0 Å². The summed E-state index contributed by atoms with van der Waals surface area (Å²) in [6, 6.07) is 6.58. The van der Waals surface area contributed by atoms with Crippen molar-refractivity contribution in [3.63, 3.8) is 0 Å². The van der Waals surface area contributed by atoms with Crippen LogP contribution in [0.15, 0.2) is 18.2 Å². The molecule has 6 heteroatoms. The second-order valence-electron chi connectivity index (χ2n) is 5.41. The maximum Gasteiger partial charge on any atom is 0.189 e. The van der Waals surface area contributed by atoms with Crippen molar-refractivity contribution < 1.29 is 0 Å². The van der Waals surface area contributed by atoms with Crippen LogP contribution >= 0.6 is 24.4 Å². The molecule has 1 fully saturated rings. The fourth-order valence-electron chi connectivity index (χ4n) is 2.45. The number of aryl methyl sites for hydroxylation is 1. The maximum absolute atomic E-state index is 5.27. The first-order valence-electron chi connectivity index (χ1n) is 7.26. The van der Waals surface area contributed by atoms with Crippen LogP contribution in [0, 0.1) is 13.8 Å². The highest BCUT2D eigenvalue weighted by Gasteiger charge is 2.15. The fourth-order valence-corrected chi connectivity index (χ4v) is 2.82. The molecule has 1 aliphatic rings. The normalized spacial score (nSPS) is 14.6. The Morgan fingerprint density at radius 2 is 1.71 bits per heavy atom. The molecule has 114 valence electrons. The molecule has 1 aromatic carbocycles. The first-order chi connectivity index (χ1) is 10.1. The quantitative estimate of drug-likeness (QED) is 0.496. The number of benzene rings is 1. The smallest absolute Gasteiger partial charge is 0.189 e. The third-order valence-corrected chi connectivity index (χ3v) is 4.26. The number of hydrogen-bond acceptors (Lipinski definition) is 2. The van der Waals surface area contributed by atoms with E-state index < -0.39 is 0 Å². The minimum atomic E-state index is 0.493. The number of hydrogen-bond donors (Lipinski definition) is 4. The highest BCUT2D eigenvalue weighted by atomic mass is 32.1. The molecule has 0 bridgehead atoms. The molecular weight excluding hydrogens is 300 g/mol. The van der Waals surface area contributed by atoms with Gasteiger partial charge in [0.25, 0.3) is 0 Å². The van der Waals surface area contributed by atoms with Crippen molar-refractivity contribution in [2.24, 2.45) is 0 Å². The van der Waals surface area contributed by atoms with Gasteiger partial charge in [0.2, 0.25) is 0 Å². The standard InChI is InChI=1S/C15H22N4S2/c1-10-6-5-9-13(11(10)2)17-15(21)19-18-14(20)16-12-7-3-4-8-12/h5-6,9,12H,3-4,7-8H2,1-2H3,(H2,16,18,20)(H2,17,19,21). The summed E-state index contributed by atoms with van der Waals surface area (Å²) in [6.07, 6.45) is 4.93. The second kappa shape index (κ2) is 7.56. The second-order valence-corrected chi connectivity index (χ2v) is 6.22. The first kappa shape index (κ1) is 16.0. The molecule has 0 atom stereocenters. The van der Waals surface area contributed by atoms with Gasteiger partial charge < -0.3 is 10.6 Å². The summed E-state index contributed by atoms with van der Waals surface area (Å²) in [7, 11) is 0. The molecule has 2 rings (SSSR count).